The van der Waals surface area contributed by atoms with Crippen molar-refractivity contribution in [3.8, 4) is 0 Å². The Morgan fingerprint density at radius 1 is 1.18 bits per heavy atom. The van der Waals surface area contributed by atoms with E-state index in [0.29, 0.717) is 0 Å². The minimum Gasteiger partial charge on any atom is -0.354 e. The molecule has 6 nitrogen and oxygen atoms in total. The number of rotatable bonds is 4. The third kappa shape index (κ3) is 3.53. The van der Waals surface area contributed by atoms with Gasteiger partial charge in [-0.15, -0.1) is 11.8 Å². The summed E-state index contributed by atoms with van der Waals surface area (Å²) in [5, 5.41) is 11.6. The molecule has 0 aromatic carbocycles. The van der Waals surface area contributed by atoms with E-state index in [4.69, 9.17) is 4.98 Å². The Hall–Kier alpha value is -1.73. The van der Waals surface area contributed by atoms with E-state index in [0.717, 1.165) is 54.2 Å². The van der Waals surface area contributed by atoms with E-state index in [9.17, 15) is 0 Å². The number of pyridine rings is 1. The number of likely N-dealkylation sites (N-methyl/N-ethyl adjacent to an activating group) is 1. The Balaban J connectivity index is 1.82. The molecule has 2 aromatic rings. The van der Waals surface area contributed by atoms with Gasteiger partial charge in [-0.1, -0.05) is 0 Å². The largest absolute Gasteiger partial charge is 0.354 e. The van der Waals surface area contributed by atoms with Gasteiger partial charge in [0.2, 0.25) is 0 Å². The molecular weight excluding hydrogens is 296 g/mol. The van der Waals surface area contributed by atoms with Crippen LogP contribution in [0, 0.1) is 6.92 Å². The van der Waals surface area contributed by atoms with Gasteiger partial charge in [0.25, 0.3) is 0 Å². The van der Waals surface area contributed by atoms with Crippen molar-refractivity contribution in [3.63, 3.8) is 0 Å². The van der Waals surface area contributed by atoms with Crippen LogP contribution in [0.4, 0.5) is 17.3 Å². The summed E-state index contributed by atoms with van der Waals surface area (Å²) in [6, 6.07) is 6.16. The molecule has 3 rings (SSSR count). The SMILES string of the molecule is CSc1cc(Nc2cc(C)[nH]n2)cc(N2CCN(C)CC2)n1. The molecule has 1 aliphatic rings. The summed E-state index contributed by atoms with van der Waals surface area (Å²) in [5.74, 6) is 1.87. The second kappa shape index (κ2) is 6.58. The number of nitrogens with one attached hydrogen (secondary N) is 2. The summed E-state index contributed by atoms with van der Waals surface area (Å²) >= 11 is 1.66. The van der Waals surface area contributed by atoms with Crippen LogP contribution in [0.2, 0.25) is 0 Å². The van der Waals surface area contributed by atoms with E-state index in [2.05, 4.69) is 50.8 Å². The number of aromatic amines is 1. The van der Waals surface area contributed by atoms with Crippen molar-refractivity contribution in [2.45, 2.75) is 11.9 Å². The Labute approximate surface area is 135 Å². The van der Waals surface area contributed by atoms with Crippen LogP contribution in [-0.4, -0.2) is 59.6 Å². The Kier molecular flexibility index (Phi) is 4.54. The van der Waals surface area contributed by atoms with Crippen LogP contribution in [-0.2, 0) is 0 Å². The number of piperazine rings is 1. The molecule has 2 N–H and O–H groups in total. The minimum atomic E-state index is 0.833. The minimum absolute atomic E-state index is 0.833. The average molecular weight is 318 g/mol. The van der Waals surface area contributed by atoms with Crippen LogP contribution in [0.15, 0.2) is 23.2 Å². The molecule has 0 saturated carbocycles. The highest BCUT2D eigenvalue weighted by Gasteiger charge is 2.16. The van der Waals surface area contributed by atoms with Crippen LogP contribution in [0.3, 0.4) is 0 Å². The first-order valence-electron chi connectivity index (χ1n) is 7.42. The van der Waals surface area contributed by atoms with Crippen LogP contribution < -0.4 is 10.2 Å². The molecule has 3 heterocycles. The van der Waals surface area contributed by atoms with Gasteiger partial charge in [0.1, 0.15) is 10.8 Å². The predicted octanol–water partition coefficient (Wildman–Crippen LogP) is 2.33. The van der Waals surface area contributed by atoms with Crippen molar-refractivity contribution in [3.05, 3.63) is 23.9 Å². The third-order valence-corrected chi connectivity index (χ3v) is 4.43. The smallest absolute Gasteiger partial charge is 0.152 e. The number of hydrogen-bond acceptors (Lipinski definition) is 6. The maximum Gasteiger partial charge on any atom is 0.152 e. The van der Waals surface area contributed by atoms with E-state index in [-0.39, 0.29) is 0 Å². The molecular formula is C15H22N6S. The fourth-order valence-electron chi connectivity index (χ4n) is 2.50. The van der Waals surface area contributed by atoms with E-state index in [1.165, 1.54) is 0 Å². The van der Waals surface area contributed by atoms with E-state index in [1.54, 1.807) is 11.8 Å². The van der Waals surface area contributed by atoms with Crippen molar-refractivity contribution in [2.75, 3.05) is 49.7 Å². The monoisotopic (exact) mass is 318 g/mol. The van der Waals surface area contributed by atoms with Gasteiger partial charge in [0.05, 0.1) is 0 Å². The fourth-order valence-corrected chi connectivity index (χ4v) is 2.93. The number of aryl methyl sites for hydroxylation is 1. The summed E-state index contributed by atoms with van der Waals surface area (Å²) in [6.07, 6.45) is 2.05. The molecule has 7 heteroatoms. The van der Waals surface area contributed by atoms with Gasteiger partial charge in [-0.2, -0.15) is 5.10 Å². The van der Waals surface area contributed by atoms with Crippen LogP contribution in [0.25, 0.3) is 0 Å². The molecule has 0 amide bonds. The summed E-state index contributed by atoms with van der Waals surface area (Å²) in [7, 11) is 2.16. The van der Waals surface area contributed by atoms with E-state index < -0.39 is 0 Å². The first kappa shape index (κ1) is 15.2. The molecule has 0 aliphatic carbocycles. The Bertz CT molecular complexity index is 633. The summed E-state index contributed by atoms with van der Waals surface area (Å²) in [6.45, 7) is 6.18. The highest BCUT2D eigenvalue weighted by atomic mass is 32.2. The van der Waals surface area contributed by atoms with Crippen LogP contribution >= 0.6 is 11.8 Å². The van der Waals surface area contributed by atoms with Gasteiger partial charge in [-0.05, 0) is 26.3 Å². The van der Waals surface area contributed by atoms with E-state index >= 15 is 0 Å². The lowest BCUT2D eigenvalue weighted by molar-refractivity contribution is 0.312. The highest BCUT2D eigenvalue weighted by Crippen LogP contribution is 2.26. The lowest BCUT2D eigenvalue weighted by Gasteiger charge is -2.33. The molecule has 0 unspecified atom stereocenters. The normalized spacial score (nSPS) is 16.0. The van der Waals surface area contributed by atoms with Crippen LogP contribution in [0.5, 0.6) is 0 Å². The standard InChI is InChI=1S/C15H22N6S/c1-11-8-13(19-18-11)16-12-9-14(17-15(10-12)22-3)21-6-4-20(2)5-7-21/h8-10H,4-7H2,1-3H3,(H2,16,17,18,19). The quantitative estimate of drug-likeness (QED) is 0.844. The number of nitrogens with zero attached hydrogens (tertiary/aromatic N) is 4. The molecule has 0 atom stereocenters. The highest BCUT2D eigenvalue weighted by molar-refractivity contribution is 7.98. The third-order valence-electron chi connectivity index (χ3n) is 3.80. The van der Waals surface area contributed by atoms with Gasteiger partial charge < -0.3 is 15.1 Å². The fraction of sp³-hybridized carbons (Fsp3) is 0.467. The molecule has 118 valence electrons. The molecule has 0 radical (unpaired) electrons. The van der Waals surface area contributed by atoms with Gasteiger partial charge in [-0.25, -0.2) is 4.98 Å². The molecule has 0 spiro atoms. The summed E-state index contributed by atoms with van der Waals surface area (Å²) in [5.41, 5.74) is 2.07. The second-order valence-corrected chi connectivity index (χ2v) is 6.43. The predicted molar refractivity (Wildman–Crippen MR) is 92.3 cm³/mol. The maximum absolute atomic E-state index is 4.75. The topological polar surface area (TPSA) is 60.1 Å². The molecule has 22 heavy (non-hydrogen) atoms. The van der Waals surface area contributed by atoms with Crippen molar-refractivity contribution < 1.29 is 0 Å². The Morgan fingerprint density at radius 3 is 2.59 bits per heavy atom. The molecule has 1 fully saturated rings. The van der Waals surface area contributed by atoms with Crippen molar-refractivity contribution >= 4 is 29.1 Å². The van der Waals surface area contributed by atoms with E-state index in [1.807, 2.05) is 13.0 Å². The second-order valence-electron chi connectivity index (χ2n) is 5.61. The molecule has 2 aromatic heterocycles. The number of anilines is 3. The first-order chi connectivity index (χ1) is 10.6. The zero-order chi connectivity index (χ0) is 15.5. The first-order valence-corrected chi connectivity index (χ1v) is 8.65. The van der Waals surface area contributed by atoms with Crippen molar-refractivity contribution in [2.24, 2.45) is 0 Å². The molecule has 1 saturated heterocycles. The maximum atomic E-state index is 4.75. The Morgan fingerprint density at radius 2 is 1.95 bits per heavy atom. The number of thioether (sulfide) groups is 1. The number of H-pyrrole nitrogens is 1. The average Bonchev–Trinajstić information content (AvgIpc) is 2.92. The van der Waals surface area contributed by atoms with Crippen LogP contribution in [0.1, 0.15) is 5.69 Å². The van der Waals surface area contributed by atoms with Crippen molar-refractivity contribution in [1.82, 2.24) is 20.1 Å². The summed E-state index contributed by atoms with van der Waals surface area (Å²) < 4.78 is 0. The number of hydrogen-bond donors (Lipinski definition) is 2. The molecule has 0 bridgehead atoms. The lowest BCUT2D eigenvalue weighted by atomic mass is 10.3. The lowest BCUT2D eigenvalue weighted by Crippen LogP contribution is -2.44. The van der Waals surface area contributed by atoms with Crippen molar-refractivity contribution in [1.29, 1.82) is 0 Å². The van der Waals surface area contributed by atoms with Gasteiger partial charge in [-0.3, -0.25) is 5.10 Å². The summed E-state index contributed by atoms with van der Waals surface area (Å²) in [4.78, 5) is 9.45. The van der Waals surface area contributed by atoms with Gasteiger partial charge >= 0.3 is 0 Å². The molecule has 1 aliphatic heterocycles. The zero-order valence-electron chi connectivity index (χ0n) is 13.3. The zero-order valence-corrected chi connectivity index (χ0v) is 14.1. The number of aromatic nitrogens is 3. The van der Waals surface area contributed by atoms with Gasteiger partial charge in [0, 0.05) is 49.7 Å². The van der Waals surface area contributed by atoms with Gasteiger partial charge in [0.15, 0.2) is 5.82 Å².